The molecule has 0 radical (unpaired) electrons. The van der Waals surface area contributed by atoms with E-state index in [2.05, 4.69) is 11.6 Å². The van der Waals surface area contributed by atoms with E-state index in [1.165, 1.54) is 0 Å². The van der Waals surface area contributed by atoms with Gasteiger partial charge in [-0.1, -0.05) is 36.9 Å². The Morgan fingerprint density at radius 3 is 2.80 bits per heavy atom. The fraction of sp³-hybridized carbons (Fsp3) is 0.125. The number of carbonyl (C=O) groups excluding carboxylic acids is 1. The van der Waals surface area contributed by atoms with Gasteiger partial charge in [-0.25, -0.2) is 4.79 Å². The Balaban J connectivity index is 2.05. The van der Waals surface area contributed by atoms with Crippen LogP contribution >= 0.6 is 0 Å². The van der Waals surface area contributed by atoms with Gasteiger partial charge in [-0.05, 0) is 23.8 Å². The topological polar surface area (TPSA) is 42.4 Å². The van der Waals surface area contributed by atoms with Crippen molar-refractivity contribution in [2.45, 2.75) is 6.04 Å². The molecule has 1 atom stereocenters. The van der Waals surface area contributed by atoms with Gasteiger partial charge in [0.05, 0.1) is 17.4 Å². The molecule has 1 aliphatic rings. The molecule has 20 heavy (non-hydrogen) atoms. The van der Waals surface area contributed by atoms with Crippen LogP contribution in [0.15, 0.2) is 55.2 Å². The lowest BCUT2D eigenvalue weighted by Gasteiger charge is -2.22. The Morgan fingerprint density at radius 2 is 2.05 bits per heavy atom. The highest BCUT2D eigenvalue weighted by Gasteiger charge is 2.36. The van der Waals surface area contributed by atoms with Crippen molar-refractivity contribution in [2.75, 3.05) is 11.5 Å². The molecule has 1 aliphatic heterocycles. The molecule has 4 heteroatoms. The van der Waals surface area contributed by atoms with Crippen molar-refractivity contribution in [3.8, 4) is 0 Å². The van der Waals surface area contributed by atoms with Gasteiger partial charge in [-0.15, -0.1) is 0 Å². The van der Waals surface area contributed by atoms with Crippen LogP contribution in [0.5, 0.6) is 0 Å². The third-order valence-electron chi connectivity index (χ3n) is 3.33. The molecule has 0 unspecified atom stereocenters. The number of nitrogens with zero attached hydrogens (tertiary/aromatic N) is 2. The second-order valence-corrected chi connectivity index (χ2v) is 4.49. The molecule has 0 aliphatic carbocycles. The summed E-state index contributed by atoms with van der Waals surface area (Å²) in [4.78, 5) is 17.9. The van der Waals surface area contributed by atoms with E-state index in [0.717, 1.165) is 11.3 Å². The average Bonchev–Trinajstić information content (AvgIpc) is 2.89. The Hall–Kier alpha value is -2.62. The molecule has 0 saturated carbocycles. The van der Waals surface area contributed by atoms with Gasteiger partial charge in [-0.3, -0.25) is 9.88 Å². The third kappa shape index (κ3) is 2.05. The van der Waals surface area contributed by atoms with Crippen molar-refractivity contribution < 1.29 is 9.53 Å². The zero-order chi connectivity index (χ0) is 13.9. The molecule has 100 valence electrons. The van der Waals surface area contributed by atoms with E-state index in [4.69, 9.17) is 4.74 Å². The van der Waals surface area contributed by atoms with Gasteiger partial charge in [0, 0.05) is 6.20 Å². The molecule has 1 aromatic heterocycles. The average molecular weight is 266 g/mol. The second kappa shape index (κ2) is 5.17. The summed E-state index contributed by atoms with van der Waals surface area (Å²) in [6, 6.07) is 13.4. The lowest BCUT2D eigenvalue weighted by atomic mass is 10.1. The van der Waals surface area contributed by atoms with Crippen LogP contribution in [0.2, 0.25) is 0 Å². The van der Waals surface area contributed by atoms with Crippen LogP contribution in [0.25, 0.3) is 6.08 Å². The molecule has 2 aromatic rings. The SMILES string of the molecule is C=Cc1ncccc1N1C(=O)OC[C@H]1c1ccccc1. The number of carbonyl (C=O) groups is 1. The van der Waals surface area contributed by atoms with Crippen LogP contribution in [0.4, 0.5) is 10.5 Å². The van der Waals surface area contributed by atoms with E-state index in [0.29, 0.717) is 12.3 Å². The maximum atomic E-state index is 12.1. The zero-order valence-corrected chi connectivity index (χ0v) is 10.9. The van der Waals surface area contributed by atoms with E-state index in [9.17, 15) is 4.79 Å². The summed E-state index contributed by atoms with van der Waals surface area (Å²) < 4.78 is 5.21. The van der Waals surface area contributed by atoms with Crippen LogP contribution in [0.3, 0.4) is 0 Å². The summed E-state index contributed by atoms with van der Waals surface area (Å²) in [6.45, 7) is 4.09. The maximum Gasteiger partial charge on any atom is 0.415 e. The third-order valence-corrected chi connectivity index (χ3v) is 3.33. The maximum absolute atomic E-state index is 12.1. The molecule has 1 saturated heterocycles. The first kappa shape index (κ1) is 12.4. The lowest BCUT2D eigenvalue weighted by Crippen LogP contribution is -2.28. The van der Waals surface area contributed by atoms with Gasteiger partial charge < -0.3 is 4.74 Å². The Bertz CT molecular complexity index is 640. The fourth-order valence-electron chi connectivity index (χ4n) is 2.38. The van der Waals surface area contributed by atoms with E-state index < -0.39 is 0 Å². The molecule has 0 N–H and O–H groups in total. The van der Waals surface area contributed by atoms with Gasteiger partial charge in [0.25, 0.3) is 0 Å². The van der Waals surface area contributed by atoms with Gasteiger partial charge in [0.2, 0.25) is 0 Å². The van der Waals surface area contributed by atoms with Gasteiger partial charge in [0.15, 0.2) is 0 Å². The Kier molecular flexibility index (Phi) is 3.21. The fourth-order valence-corrected chi connectivity index (χ4v) is 2.38. The van der Waals surface area contributed by atoms with Crippen molar-refractivity contribution in [1.29, 1.82) is 0 Å². The minimum Gasteiger partial charge on any atom is -0.447 e. The number of rotatable bonds is 3. The summed E-state index contributed by atoms with van der Waals surface area (Å²) >= 11 is 0. The van der Waals surface area contributed by atoms with Crippen molar-refractivity contribution in [3.63, 3.8) is 0 Å². The molecule has 1 aromatic carbocycles. The molecule has 1 fully saturated rings. The minimum absolute atomic E-state index is 0.133. The number of hydrogen-bond donors (Lipinski definition) is 0. The Labute approximate surface area is 117 Å². The van der Waals surface area contributed by atoms with E-state index in [-0.39, 0.29) is 12.1 Å². The number of anilines is 1. The normalized spacial score (nSPS) is 17.9. The van der Waals surface area contributed by atoms with Crippen molar-refractivity contribution >= 4 is 17.9 Å². The van der Waals surface area contributed by atoms with Crippen LogP contribution in [-0.4, -0.2) is 17.7 Å². The van der Waals surface area contributed by atoms with Crippen molar-refractivity contribution in [3.05, 3.63) is 66.5 Å². The molecule has 1 amide bonds. The number of benzene rings is 1. The number of ether oxygens (including phenoxy) is 1. The largest absolute Gasteiger partial charge is 0.447 e. The number of hydrogen-bond acceptors (Lipinski definition) is 3. The molecule has 0 bridgehead atoms. The smallest absolute Gasteiger partial charge is 0.415 e. The highest BCUT2D eigenvalue weighted by molar-refractivity contribution is 5.92. The quantitative estimate of drug-likeness (QED) is 0.854. The first-order valence-electron chi connectivity index (χ1n) is 6.39. The monoisotopic (exact) mass is 266 g/mol. The van der Waals surface area contributed by atoms with Gasteiger partial charge in [0.1, 0.15) is 6.61 Å². The van der Waals surface area contributed by atoms with Crippen LogP contribution in [0.1, 0.15) is 17.3 Å². The van der Waals surface area contributed by atoms with Crippen LogP contribution in [-0.2, 0) is 4.74 Å². The van der Waals surface area contributed by atoms with Crippen LogP contribution < -0.4 is 4.90 Å². The number of aromatic nitrogens is 1. The summed E-state index contributed by atoms with van der Waals surface area (Å²) in [5, 5.41) is 0. The molecule has 3 rings (SSSR count). The molecular weight excluding hydrogens is 252 g/mol. The predicted octanol–water partition coefficient (Wildman–Crippen LogP) is 3.42. The highest BCUT2D eigenvalue weighted by Crippen LogP contribution is 2.34. The first-order chi connectivity index (χ1) is 9.81. The van der Waals surface area contributed by atoms with Crippen LogP contribution in [0, 0.1) is 0 Å². The number of cyclic esters (lactones) is 1. The van der Waals surface area contributed by atoms with E-state index in [1.54, 1.807) is 23.2 Å². The summed E-state index contributed by atoms with van der Waals surface area (Å²) in [5.74, 6) is 0. The number of pyridine rings is 1. The molecule has 2 heterocycles. The summed E-state index contributed by atoms with van der Waals surface area (Å²) in [6.07, 6.45) is 2.97. The highest BCUT2D eigenvalue weighted by atomic mass is 16.6. The van der Waals surface area contributed by atoms with Crippen molar-refractivity contribution in [1.82, 2.24) is 4.98 Å². The summed E-state index contributed by atoms with van der Waals surface area (Å²) in [7, 11) is 0. The van der Waals surface area contributed by atoms with Gasteiger partial charge >= 0.3 is 6.09 Å². The van der Waals surface area contributed by atoms with E-state index >= 15 is 0 Å². The second-order valence-electron chi connectivity index (χ2n) is 4.49. The molecular formula is C16H14N2O2. The lowest BCUT2D eigenvalue weighted by molar-refractivity contribution is 0.179. The number of amides is 1. The molecule has 4 nitrogen and oxygen atoms in total. The molecule has 0 spiro atoms. The summed E-state index contributed by atoms with van der Waals surface area (Å²) in [5.41, 5.74) is 2.43. The minimum atomic E-state index is -0.352. The Morgan fingerprint density at radius 1 is 1.25 bits per heavy atom. The van der Waals surface area contributed by atoms with E-state index in [1.807, 2.05) is 36.4 Å². The predicted molar refractivity (Wildman–Crippen MR) is 77.3 cm³/mol. The standard InChI is InChI=1S/C16H14N2O2/c1-2-13-14(9-6-10-17-13)18-15(11-20-16(18)19)12-7-4-3-5-8-12/h2-10,15H,1,11H2/t15-/m0/s1. The van der Waals surface area contributed by atoms with Crippen molar-refractivity contribution in [2.24, 2.45) is 0 Å². The van der Waals surface area contributed by atoms with Gasteiger partial charge in [-0.2, -0.15) is 0 Å². The zero-order valence-electron chi connectivity index (χ0n) is 10.9. The first-order valence-corrected chi connectivity index (χ1v) is 6.39.